The van der Waals surface area contributed by atoms with Crippen LogP contribution in [0.25, 0.3) is 0 Å². The van der Waals surface area contributed by atoms with Crippen LogP contribution in [0.15, 0.2) is 24.3 Å². The van der Waals surface area contributed by atoms with Gasteiger partial charge < -0.3 is 15.2 Å². The molecule has 1 aliphatic heterocycles. The molecule has 8 nitrogen and oxygen atoms in total. The first-order valence-corrected chi connectivity index (χ1v) is 7.83. The van der Waals surface area contributed by atoms with Gasteiger partial charge in [-0.1, -0.05) is 6.07 Å². The van der Waals surface area contributed by atoms with Gasteiger partial charge in [0.05, 0.1) is 18.9 Å². The number of hydrogen-bond donors (Lipinski definition) is 3. The van der Waals surface area contributed by atoms with Gasteiger partial charge in [0, 0.05) is 19.2 Å². The van der Waals surface area contributed by atoms with Crippen molar-refractivity contribution in [3.63, 3.8) is 0 Å². The van der Waals surface area contributed by atoms with Gasteiger partial charge in [-0.25, -0.2) is 0 Å². The van der Waals surface area contributed by atoms with E-state index in [9.17, 15) is 8.42 Å². The van der Waals surface area contributed by atoms with Crippen LogP contribution in [0.1, 0.15) is 0 Å². The van der Waals surface area contributed by atoms with Crippen LogP contribution in [0.2, 0.25) is 0 Å². The van der Waals surface area contributed by atoms with E-state index >= 15 is 0 Å². The lowest BCUT2D eigenvalue weighted by Gasteiger charge is -2.26. The number of benzene rings is 1. The lowest BCUT2D eigenvalue weighted by atomic mass is 10.3. The molecule has 1 heterocycles. The van der Waals surface area contributed by atoms with E-state index in [1.165, 1.54) is 4.31 Å². The number of amidine groups is 1. The van der Waals surface area contributed by atoms with E-state index < -0.39 is 10.2 Å². The van der Waals surface area contributed by atoms with Gasteiger partial charge in [0.1, 0.15) is 18.2 Å². The molecule has 1 aromatic rings. The maximum absolute atomic E-state index is 12.2. The Hall–Kier alpha value is -1.84. The minimum absolute atomic E-state index is 0.0420. The molecule has 1 aliphatic rings. The summed E-state index contributed by atoms with van der Waals surface area (Å²) in [5.41, 5.74) is 5.60. The van der Waals surface area contributed by atoms with Gasteiger partial charge in [-0.2, -0.15) is 12.7 Å². The van der Waals surface area contributed by atoms with Crippen LogP contribution in [0.5, 0.6) is 5.75 Å². The number of rotatable bonds is 6. The fraction of sp³-hybridized carbons (Fsp3) is 0.417. The minimum atomic E-state index is -3.60. The second-order valence-electron chi connectivity index (χ2n) is 4.46. The Morgan fingerprint density at radius 1 is 1.43 bits per heavy atom. The monoisotopic (exact) mass is 314 g/mol. The van der Waals surface area contributed by atoms with Crippen LogP contribution < -0.4 is 15.2 Å². The Morgan fingerprint density at radius 2 is 2.14 bits per heavy atom. The first kappa shape index (κ1) is 15.5. The van der Waals surface area contributed by atoms with Gasteiger partial charge in [0.2, 0.25) is 0 Å². The number of nitrogens with two attached hydrogens (primary N) is 1. The Balaban J connectivity index is 2.04. The first-order chi connectivity index (χ1) is 9.97. The minimum Gasteiger partial charge on any atom is -0.486 e. The quantitative estimate of drug-likeness (QED) is 0.504. The second-order valence-corrected chi connectivity index (χ2v) is 6.13. The molecule has 9 heteroatoms. The molecular weight excluding hydrogens is 296 g/mol. The summed E-state index contributed by atoms with van der Waals surface area (Å²) < 4.78 is 38.6. The molecule has 1 fully saturated rings. The van der Waals surface area contributed by atoms with Crippen LogP contribution in [-0.4, -0.2) is 51.5 Å². The van der Waals surface area contributed by atoms with Gasteiger partial charge in [-0.15, -0.1) is 0 Å². The van der Waals surface area contributed by atoms with Crippen molar-refractivity contribution in [1.29, 1.82) is 5.41 Å². The number of nitrogens with one attached hydrogen (secondary N) is 2. The second kappa shape index (κ2) is 6.74. The van der Waals surface area contributed by atoms with Crippen LogP contribution in [-0.2, 0) is 14.9 Å². The molecule has 0 radical (unpaired) electrons. The van der Waals surface area contributed by atoms with Gasteiger partial charge in [0.25, 0.3) is 0 Å². The largest absolute Gasteiger partial charge is 0.486 e. The standard InChI is InChI=1S/C12H18N4O4S/c13-12(14)9-20-11-3-1-2-10(8-11)15-21(17,18)16-4-6-19-7-5-16/h1-3,8,15H,4-7,9H2,(H3,13,14). The number of nitrogens with zero attached hydrogens (tertiary/aromatic N) is 1. The number of morpholine rings is 1. The number of hydrogen-bond acceptors (Lipinski definition) is 5. The molecule has 0 unspecified atom stereocenters. The third-order valence-corrected chi connectivity index (χ3v) is 4.32. The first-order valence-electron chi connectivity index (χ1n) is 6.39. The third-order valence-electron chi connectivity index (χ3n) is 2.79. The highest BCUT2D eigenvalue weighted by molar-refractivity contribution is 7.90. The van der Waals surface area contributed by atoms with Crippen molar-refractivity contribution in [2.75, 3.05) is 37.6 Å². The molecule has 0 bridgehead atoms. The summed E-state index contributed by atoms with van der Waals surface area (Å²) >= 11 is 0. The van der Waals surface area contributed by atoms with Crippen LogP contribution in [0.4, 0.5) is 5.69 Å². The number of anilines is 1. The molecular formula is C12H18N4O4S. The Labute approximate surface area is 123 Å². The molecule has 2 rings (SSSR count). The third kappa shape index (κ3) is 4.59. The average Bonchev–Trinajstić information content (AvgIpc) is 2.46. The molecule has 21 heavy (non-hydrogen) atoms. The van der Waals surface area contributed by atoms with Crippen molar-refractivity contribution >= 4 is 21.7 Å². The molecule has 0 spiro atoms. The van der Waals surface area contributed by atoms with Gasteiger partial charge in [0.15, 0.2) is 0 Å². The molecule has 1 aromatic carbocycles. The SMILES string of the molecule is N=C(N)COc1cccc(NS(=O)(=O)N2CCOCC2)c1. The van der Waals surface area contributed by atoms with E-state index in [2.05, 4.69) is 4.72 Å². The fourth-order valence-corrected chi connectivity index (χ4v) is 2.99. The van der Waals surface area contributed by atoms with E-state index in [1.54, 1.807) is 24.3 Å². The van der Waals surface area contributed by atoms with Crippen molar-refractivity contribution in [2.45, 2.75) is 0 Å². The zero-order valence-electron chi connectivity index (χ0n) is 11.4. The summed E-state index contributed by atoms with van der Waals surface area (Å²) in [6.07, 6.45) is 0. The summed E-state index contributed by atoms with van der Waals surface area (Å²) in [5, 5.41) is 7.10. The zero-order chi connectivity index (χ0) is 15.3. The molecule has 116 valence electrons. The Kier molecular flexibility index (Phi) is 4.99. The summed E-state index contributed by atoms with van der Waals surface area (Å²) in [5.74, 6) is 0.335. The molecule has 0 amide bonds. The lowest BCUT2D eigenvalue weighted by Crippen LogP contribution is -2.43. The fourth-order valence-electron chi connectivity index (χ4n) is 1.81. The van der Waals surface area contributed by atoms with Crippen LogP contribution in [0.3, 0.4) is 0 Å². The smallest absolute Gasteiger partial charge is 0.301 e. The van der Waals surface area contributed by atoms with Crippen LogP contribution >= 0.6 is 0 Å². The highest BCUT2D eigenvalue weighted by Gasteiger charge is 2.24. The Bertz CT molecular complexity index is 599. The normalized spacial score (nSPS) is 16.4. The van der Waals surface area contributed by atoms with Crippen molar-refractivity contribution in [3.8, 4) is 5.75 Å². The van der Waals surface area contributed by atoms with Crippen molar-refractivity contribution in [1.82, 2.24) is 4.31 Å². The van der Waals surface area contributed by atoms with E-state index in [0.717, 1.165) is 0 Å². The topological polar surface area (TPSA) is 118 Å². The molecule has 0 aliphatic carbocycles. The summed E-state index contributed by atoms with van der Waals surface area (Å²) in [6.45, 7) is 1.40. The summed E-state index contributed by atoms with van der Waals surface area (Å²) in [4.78, 5) is 0. The van der Waals surface area contributed by atoms with E-state index in [-0.39, 0.29) is 12.4 Å². The van der Waals surface area contributed by atoms with Crippen molar-refractivity contribution < 1.29 is 17.9 Å². The molecule has 0 aromatic heterocycles. The molecule has 0 atom stereocenters. The van der Waals surface area contributed by atoms with E-state index in [1.807, 2.05) is 0 Å². The van der Waals surface area contributed by atoms with Gasteiger partial charge in [-0.3, -0.25) is 10.1 Å². The maximum atomic E-state index is 12.2. The zero-order valence-corrected chi connectivity index (χ0v) is 12.2. The predicted molar refractivity (Wildman–Crippen MR) is 78.8 cm³/mol. The summed E-state index contributed by atoms with van der Waals surface area (Å²) in [7, 11) is -3.60. The summed E-state index contributed by atoms with van der Waals surface area (Å²) in [6, 6.07) is 6.49. The predicted octanol–water partition coefficient (Wildman–Crippen LogP) is -0.00973. The Morgan fingerprint density at radius 3 is 2.81 bits per heavy atom. The van der Waals surface area contributed by atoms with Gasteiger partial charge >= 0.3 is 10.2 Å². The maximum Gasteiger partial charge on any atom is 0.301 e. The van der Waals surface area contributed by atoms with Crippen molar-refractivity contribution in [3.05, 3.63) is 24.3 Å². The average molecular weight is 314 g/mol. The van der Waals surface area contributed by atoms with Gasteiger partial charge in [-0.05, 0) is 12.1 Å². The van der Waals surface area contributed by atoms with Crippen molar-refractivity contribution in [2.24, 2.45) is 5.73 Å². The molecule has 4 N–H and O–H groups in total. The molecule has 0 saturated carbocycles. The van der Waals surface area contributed by atoms with Crippen LogP contribution in [0, 0.1) is 5.41 Å². The molecule has 1 saturated heterocycles. The number of ether oxygens (including phenoxy) is 2. The van der Waals surface area contributed by atoms with E-state index in [4.69, 9.17) is 20.6 Å². The highest BCUT2D eigenvalue weighted by atomic mass is 32.2. The highest BCUT2D eigenvalue weighted by Crippen LogP contribution is 2.19. The lowest BCUT2D eigenvalue weighted by molar-refractivity contribution is 0.0733. The van der Waals surface area contributed by atoms with E-state index in [0.29, 0.717) is 37.7 Å².